The minimum absolute atomic E-state index is 0.317. The summed E-state index contributed by atoms with van der Waals surface area (Å²) in [6.45, 7) is 4.66. The van der Waals surface area contributed by atoms with Gasteiger partial charge in [-0.1, -0.05) is 42.5 Å². The maximum atomic E-state index is 5.52. The van der Waals surface area contributed by atoms with E-state index in [1.54, 1.807) is 0 Å². The molecule has 1 fully saturated rings. The van der Waals surface area contributed by atoms with Gasteiger partial charge in [-0.3, -0.25) is 0 Å². The van der Waals surface area contributed by atoms with Crippen molar-refractivity contribution in [3.8, 4) is 11.5 Å². The Hall–Kier alpha value is -2.72. The Labute approximate surface area is 159 Å². The summed E-state index contributed by atoms with van der Waals surface area (Å²) in [5.41, 5.74) is 2.58. The van der Waals surface area contributed by atoms with Gasteiger partial charge in [-0.25, -0.2) is 0 Å². The standard InChI is InChI=1S/C23H24N2O2/c1-16(20-8-4-6-17-5-2-3-7-21(17)20)24-18-11-12-25(14-18)19-9-10-22-23(13-19)27-15-26-22/h2-10,13,16,18,24H,11-12,14-15H2,1H3/t16-,18+/m1/s1. The first-order valence-electron chi connectivity index (χ1n) is 9.66. The monoisotopic (exact) mass is 360 g/mol. The summed E-state index contributed by atoms with van der Waals surface area (Å²) in [5.74, 6) is 1.70. The molecular formula is C23H24N2O2. The van der Waals surface area contributed by atoms with Gasteiger partial charge in [-0.15, -0.1) is 0 Å². The van der Waals surface area contributed by atoms with Crippen LogP contribution in [0.25, 0.3) is 10.8 Å². The van der Waals surface area contributed by atoms with Gasteiger partial charge < -0.3 is 19.7 Å². The zero-order valence-electron chi connectivity index (χ0n) is 15.5. The summed E-state index contributed by atoms with van der Waals surface area (Å²) in [5, 5.41) is 6.48. The van der Waals surface area contributed by atoms with Crippen molar-refractivity contribution in [2.45, 2.75) is 25.4 Å². The number of benzene rings is 3. The van der Waals surface area contributed by atoms with Crippen LogP contribution in [-0.2, 0) is 0 Å². The molecule has 1 saturated heterocycles. The lowest BCUT2D eigenvalue weighted by molar-refractivity contribution is 0.174. The molecule has 2 aliphatic heterocycles. The van der Waals surface area contributed by atoms with Gasteiger partial charge in [-0.05, 0) is 41.8 Å². The highest BCUT2D eigenvalue weighted by molar-refractivity contribution is 5.86. The van der Waals surface area contributed by atoms with Gasteiger partial charge in [0.2, 0.25) is 6.79 Å². The van der Waals surface area contributed by atoms with E-state index in [0.29, 0.717) is 18.9 Å². The molecule has 0 aromatic heterocycles. The third-order valence-electron chi connectivity index (χ3n) is 5.69. The smallest absolute Gasteiger partial charge is 0.231 e. The van der Waals surface area contributed by atoms with Crippen LogP contribution in [0.5, 0.6) is 11.5 Å². The van der Waals surface area contributed by atoms with Crippen molar-refractivity contribution >= 4 is 16.5 Å². The minimum Gasteiger partial charge on any atom is -0.454 e. The lowest BCUT2D eigenvalue weighted by atomic mass is 9.99. The van der Waals surface area contributed by atoms with Gasteiger partial charge in [0.05, 0.1) is 0 Å². The van der Waals surface area contributed by atoms with E-state index in [2.05, 4.69) is 71.7 Å². The fourth-order valence-electron chi connectivity index (χ4n) is 4.28. The van der Waals surface area contributed by atoms with E-state index in [1.807, 2.05) is 6.07 Å². The third-order valence-corrected chi connectivity index (χ3v) is 5.69. The SMILES string of the molecule is C[C@@H](N[C@H]1CCN(c2ccc3c(c2)OCO3)C1)c1cccc2ccccc12. The highest BCUT2D eigenvalue weighted by atomic mass is 16.7. The number of hydrogen-bond acceptors (Lipinski definition) is 4. The maximum Gasteiger partial charge on any atom is 0.231 e. The summed E-state index contributed by atoms with van der Waals surface area (Å²) < 4.78 is 10.9. The number of ether oxygens (including phenoxy) is 2. The van der Waals surface area contributed by atoms with Gasteiger partial charge in [-0.2, -0.15) is 0 Å². The number of hydrogen-bond donors (Lipinski definition) is 1. The van der Waals surface area contributed by atoms with Crippen molar-refractivity contribution in [3.05, 3.63) is 66.2 Å². The summed E-state index contributed by atoms with van der Waals surface area (Å²) in [6, 6.07) is 22.2. The van der Waals surface area contributed by atoms with Crippen molar-refractivity contribution in [2.75, 3.05) is 24.8 Å². The van der Waals surface area contributed by atoms with E-state index in [9.17, 15) is 0 Å². The molecule has 0 amide bonds. The molecule has 138 valence electrons. The van der Waals surface area contributed by atoms with Crippen molar-refractivity contribution < 1.29 is 9.47 Å². The van der Waals surface area contributed by atoms with Crippen LogP contribution in [0.4, 0.5) is 5.69 Å². The van der Waals surface area contributed by atoms with E-state index in [-0.39, 0.29) is 0 Å². The van der Waals surface area contributed by atoms with Crippen LogP contribution in [0.15, 0.2) is 60.7 Å². The maximum absolute atomic E-state index is 5.52. The molecule has 0 bridgehead atoms. The predicted molar refractivity (Wildman–Crippen MR) is 109 cm³/mol. The first kappa shape index (κ1) is 16.5. The van der Waals surface area contributed by atoms with Crippen LogP contribution in [0.1, 0.15) is 24.9 Å². The molecule has 0 unspecified atom stereocenters. The Morgan fingerprint density at radius 3 is 2.81 bits per heavy atom. The molecule has 4 nitrogen and oxygen atoms in total. The van der Waals surface area contributed by atoms with Gasteiger partial charge >= 0.3 is 0 Å². The topological polar surface area (TPSA) is 33.7 Å². The Morgan fingerprint density at radius 1 is 1.00 bits per heavy atom. The number of rotatable bonds is 4. The molecule has 1 N–H and O–H groups in total. The molecule has 2 heterocycles. The van der Waals surface area contributed by atoms with Crippen molar-refractivity contribution in [1.82, 2.24) is 5.32 Å². The molecule has 2 aliphatic rings. The minimum atomic E-state index is 0.317. The number of anilines is 1. The fourth-order valence-corrected chi connectivity index (χ4v) is 4.28. The lowest BCUT2D eigenvalue weighted by Gasteiger charge is -2.23. The van der Waals surface area contributed by atoms with E-state index >= 15 is 0 Å². The second kappa shape index (κ2) is 6.78. The number of nitrogens with zero attached hydrogens (tertiary/aromatic N) is 1. The highest BCUT2D eigenvalue weighted by Gasteiger charge is 2.26. The number of nitrogens with one attached hydrogen (secondary N) is 1. The average molecular weight is 360 g/mol. The van der Waals surface area contributed by atoms with E-state index in [0.717, 1.165) is 31.0 Å². The first-order chi connectivity index (χ1) is 13.3. The van der Waals surface area contributed by atoms with Crippen molar-refractivity contribution in [1.29, 1.82) is 0 Å². The quantitative estimate of drug-likeness (QED) is 0.743. The number of fused-ring (bicyclic) bond motifs is 2. The summed E-state index contributed by atoms with van der Waals surface area (Å²) >= 11 is 0. The van der Waals surface area contributed by atoms with Crippen molar-refractivity contribution in [2.24, 2.45) is 0 Å². The molecule has 4 heteroatoms. The van der Waals surface area contributed by atoms with Gasteiger partial charge in [0.15, 0.2) is 11.5 Å². The second-order valence-electron chi connectivity index (χ2n) is 7.43. The Morgan fingerprint density at radius 2 is 1.85 bits per heavy atom. The summed E-state index contributed by atoms with van der Waals surface area (Å²) in [7, 11) is 0. The lowest BCUT2D eigenvalue weighted by Crippen LogP contribution is -2.34. The third kappa shape index (κ3) is 3.10. The van der Waals surface area contributed by atoms with Crippen LogP contribution < -0.4 is 19.7 Å². The molecule has 0 aliphatic carbocycles. The van der Waals surface area contributed by atoms with Crippen LogP contribution in [0, 0.1) is 0 Å². The molecule has 5 rings (SSSR count). The molecule has 0 radical (unpaired) electrons. The van der Waals surface area contributed by atoms with E-state index in [4.69, 9.17) is 9.47 Å². The summed E-state index contributed by atoms with van der Waals surface area (Å²) in [6.07, 6.45) is 1.14. The van der Waals surface area contributed by atoms with Crippen LogP contribution in [0.2, 0.25) is 0 Å². The summed E-state index contributed by atoms with van der Waals surface area (Å²) in [4.78, 5) is 2.43. The largest absolute Gasteiger partial charge is 0.454 e. The Bertz CT molecular complexity index is 966. The molecule has 0 saturated carbocycles. The fraction of sp³-hybridized carbons (Fsp3) is 0.304. The van der Waals surface area contributed by atoms with Crippen LogP contribution in [-0.4, -0.2) is 25.9 Å². The first-order valence-corrected chi connectivity index (χ1v) is 9.66. The molecule has 27 heavy (non-hydrogen) atoms. The van der Waals surface area contributed by atoms with Gasteiger partial charge in [0, 0.05) is 36.9 Å². The zero-order chi connectivity index (χ0) is 18.2. The molecule has 3 aromatic rings. The van der Waals surface area contributed by atoms with Crippen LogP contribution in [0.3, 0.4) is 0 Å². The molecule has 2 atom stereocenters. The van der Waals surface area contributed by atoms with E-state index < -0.39 is 0 Å². The Kier molecular flexibility index (Phi) is 4.13. The normalized spacial score (nSPS) is 19.6. The predicted octanol–water partition coefficient (Wildman–Crippen LogP) is 4.50. The molecule has 0 spiro atoms. The van der Waals surface area contributed by atoms with Crippen LogP contribution >= 0.6 is 0 Å². The van der Waals surface area contributed by atoms with Crippen molar-refractivity contribution in [3.63, 3.8) is 0 Å². The van der Waals surface area contributed by atoms with Gasteiger partial charge in [0.1, 0.15) is 0 Å². The Balaban J connectivity index is 1.29. The highest BCUT2D eigenvalue weighted by Crippen LogP contribution is 2.36. The van der Waals surface area contributed by atoms with Gasteiger partial charge in [0.25, 0.3) is 0 Å². The molecular weight excluding hydrogens is 336 g/mol. The zero-order valence-corrected chi connectivity index (χ0v) is 15.5. The second-order valence-corrected chi connectivity index (χ2v) is 7.43. The molecule has 3 aromatic carbocycles. The van der Waals surface area contributed by atoms with E-state index in [1.165, 1.54) is 22.0 Å². The average Bonchev–Trinajstić information content (AvgIpc) is 3.36.